The minimum Gasteiger partial charge on any atom is -0.387 e. The Bertz CT molecular complexity index is 848. The third-order valence-electron chi connectivity index (χ3n) is 3.52. The molecule has 2 aromatic carbocycles. The van der Waals surface area contributed by atoms with Crippen molar-refractivity contribution in [1.82, 2.24) is 10.1 Å². The Balaban J connectivity index is 1.70. The van der Waals surface area contributed by atoms with E-state index in [9.17, 15) is 4.79 Å². The van der Waals surface area contributed by atoms with Crippen LogP contribution in [-0.2, 0) is 4.79 Å². The van der Waals surface area contributed by atoms with Crippen molar-refractivity contribution in [2.75, 3.05) is 17.2 Å². The minimum atomic E-state index is -0.557. The van der Waals surface area contributed by atoms with Crippen molar-refractivity contribution < 1.29 is 14.4 Å². The van der Waals surface area contributed by atoms with E-state index in [-0.39, 0.29) is 6.04 Å². The van der Waals surface area contributed by atoms with Crippen LogP contribution in [0, 0.1) is 0 Å². The van der Waals surface area contributed by atoms with Gasteiger partial charge in [0.05, 0.1) is 0 Å². The Morgan fingerprint density at radius 1 is 1.16 bits per heavy atom. The van der Waals surface area contributed by atoms with Crippen LogP contribution < -0.4 is 10.6 Å². The topological polar surface area (TPSA) is 100 Å². The van der Waals surface area contributed by atoms with Crippen LogP contribution in [0.5, 0.6) is 0 Å². The van der Waals surface area contributed by atoms with E-state index in [1.807, 2.05) is 43.3 Å². The first-order valence-electron chi connectivity index (χ1n) is 7.82. The second-order valence-electron chi connectivity index (χ2n) is 5.48. The fourth-order valence-electron chi connectivity index (χ4n) is 2.31. The normalized spacial score (nSPS) is 11.8. The summed E-state index contributed by atoms with van der Waals surface area (Å²) in [6.07, 6.45) is 0. The number of carbonyl (C=O) groups is 1. The van der Waals surface area contributed by atoms with Crippen LogP contribution in [0.1, 0.15) is 18.9 Å². The molecule has 0 aliphatic carbocycles. The summed E-state index contributed by atoms with van der Waals surface area (Å²) in [5, 5.41) is 18.6. The Hall–Kier alpha value is -3.19. The second kappa shape index (κ2) is 7.59. The van der Waals surface area contributed by atoms with Crippen molar-refractivity contribution in [2.45, 2.75) is 13.0 Å². The Labute approximate surface area is 144 Å². The smallest absolute Gasteiger partial charge is 0.250 e. The van der Waals surface area contributed by atoms with Gasteiger partial charge >= 0.3 is 0 Å². The van der Waals surface area contributed by atoms with E-state index in [4.69, 9.17) is 9.63 Å². The van der Waals surface area contributed by atoms with Crippen molar-refractivity contribution in [2.24, 2.45) is 0 Å². The minimum absolute atomic E-state index is 0.214. The quantitative estimate of drug-likeness (QED) is 0.639. The van der Waals surface area contributed by atoms with Gasteiger partial charge in [0.2, 0.25) is 17.6 Å². The number of carbonyl (C=O) groups excluding carboxylic acids is 1. The molecule has 0 aliphatic rings. The van der Waals surface area contributed by atoms with E-state index in [0.29, 0.717) is 17.4 Å². The number of hydrogen-bond donors (Lipinski definition) is 3. The molecule has 7 heteroatoms. The molecular weight excluding hydrogens is 320 g/mol. The van der Waals surface area contributed by atoms with Crippen LogP contribution in [0.2, 0.25) is 0 Å². The van der Waals surface area contributed by atoms with Gasteiger partial charge < -0.3 is 20.3 Å². The number of aromatic nitrogens is 2. The summed E-state index contributed by atoms with van der Waals surface area (Å²) in [5.74, 6) is 0.534. The number of aliphatic hydroxyl groups excluding tert-OH is 1. The lowest BCUT2D eigenvalue weighted by Gasteiger charge is -2.12. The molecule has 3 aromatic rings. The fraction of sp³-hybridized carbons (Fsp3) is 0.167. The average Bonchev–Trinajstić information content (AvgIpc) is 3.13. The molecule has 1 aromatic heterocycles. The molecule has 0 spiro atoms. The highest BCUT2D eigenvalue weighted by Gasteiger charge is 2.15. The summed E-state index contributed by atoms with van der Waals surface area (Å²) in [5.41, 5.74) is 2.26. The Kier molecular flexibility index (Phi) is 5.06. The molecule has 0 radical (unpaired) electrons. The number of anilines is 2. The summed E-state index contributed by atoms with van der Waals surface area (Å²) < 4.78 is 5.34. The van der Waals surface area contributed by atoms with Crippen LogP contribution in [0.15, 0.2) is 59.1 Å². The Morgan fingerprint density at radius 3 is 2.68 bits per heavy atom. The van der Waals surface area contributed by atoms with Gasteiger partial charge in [-0.25, -0.2) is 0 Å². The summed E-state index contributed by atoms with van der Waals surface area (Å²) in [6, 6.07) is 16.5. The highest BCUT2D eigenvalue weighted by atomic mass is 16.5. The maximum absolute atomic E-state index is 11.3. The lowest BCUT2D eigenvalue weighted by atomic mass is 10.2. The van der Waals surface area contributed by atoms with E-state index in [1.54, 1.807) is 18.2 Å². The highest BCUT2D eigenvalue weighted by Crippen LogP contribution is 2.23. The zero-order valence-corrected chi connectivity index (χ0v) is 13.6. The van der Waals surface area contributed by atoms with Gasteiger partial charge in [-0.3, -0.25) is 4.79 Å². The maximum atomic E-state index is 11.3. The molecule has 3 rings (SSSR count). The van der Waals surface area contributed by atoms with Crippen LogP contribution in [0.25, 0.3) is 11.4 Å². The number of rotatable bonds is 6. The van der Waals surface area contributed by atoms with Crippen LogP contribution >= 0.6 is 0 Å². The van der Waals surface area contributed by atoms with E-state index in [2.05, 4.69) is 20.8 Å². The van der Waals surface area contributed by atoms with Crippen molar-refractivity contribution in [1.29, 1.82) is 0 Å². The van der Waals surface area contributed by atoms with E-state index in [0.717, 1.165) is 11.3 Å². The first-order chi connectivity index (χ1) is 12.2. The molecule has 25 heavy (non-hydrogen) atoms. The third-order valence-corrected chi connectivity index (χ3v) is 3.52. The first kappa shape index (κ1) is 16.7. The van der Waals surface area contributed by atoms with Gasteiger partial charge in [-0.15, -0.1) is 0 Å². The summed E-state index contributed by atoms with van der Waals surface area (Å²) in [4.78, 5) is 15.7. The van der Waals surface area contributed by atoms with Gasteiger partial charge in [0.1, 0.15) is 12.6 Å². The molecule has 1 heterocycles. The lowest BCUT2D eigenvalue weighted by Crippen LogP contribution is -2.15. The van der Waals surface area contributed by atoms with Crippen molar-refractivity contribution in [3.63, 3.8) is 0 Å². The largest absolute Gasteiger partial charge is 0.387 e. The number of aliphatic hydroxyl groups is 1. The number of nitrogens with one attached hydrogen (secondary N) is 2. The molecule has 7 nitrogen and oxygen atoms in total. The predicted octanol–water partition coefficient (Wildman–Crippen LogP) is 2.84. The standard InChI is InChI=1S/C18H18N4O3/c1-12(18-21-17(22-25-18)13-6-3-2-4-7-13)19-14-8-5-9-15(10-14)20-16(24)11-23/h2-10,12,19,23H,11H2,1H3,(H,20,24). The molecule has 0 aliphatic heterocycles. The molecule has 0 fully saturated rings. The molecule has 0 saturated heterocycles. The molecule has 0 bridgehead atoms. The van der Waals surface area contributed by atoms with Crippen molar-refractivity contribution >= 4 is 17.3 Å². The summed E-state index contributed by atoms with van der Waals surface area (Å²) in [6.45, 7) is 1.35. The molecular formula is C18H18N4O3. The van der Waals surface area contributed by atoms with E-state index >= 15 is 0 Å². The highest BCUT2D eigenvalue weighted by molar-refractivity contribution is 5.91. The van der Waals surface area contributed by atoms with Crippen LogP contribution in [-0.4, -0.2) is 27.8 Å². The first-order valence-corrected chi connectivity index (χ1v) is 7.82. The molecule has 1 atom stereocenters. The molecule has 0 saturated carbocycles. The van der Waals surface area contributed by atoms with Crippen molar-refractivity contribution in [3.05, 3.63) is 60.5 Å². The number of hydrogen-bond acceptors (Lipinski definition) is 6. The predicted molar refractivity (Wildman–Crippen MR) is 93.9 cm³/mol. The molecule has 3 N–H and O–H groups in total. The number of benzene rings is 2. The molecule has 128 valence electrons. The lowest BCUT2D eigenvalue weighted by molar-refractivity contribution is -0.118. The van der Waals surface area contributed by atoms with Crippen molar-refractivity contribution in [3.8, 4) is 11.4 Å². The molecule has 1 unspecified atom stereocenters. The summed E-state index contributed by atoms with van der Waals surface area (Å²) >= 11 is 0. The van der Waals surface area contributed by atoms with E-state index < -0.39 is 12.5 Å². The zero-order chi connectivity index (χ0) is 17.6. The average molecular weight is 338 g/mol. The SMILES string of the molecule is CC(Nc1cccc(NC(=O)CO)c1)c1nc(-c2ccccc2)no1. The van der Waals surface area contributed by atoms with Gasteiger partial charge in [0.15, 0.2) is 0 Å². The van der Waals surface area contributed by atoms with Gasteiger partial charge in [-0.2, -0.15) is 4.98 Å². The second-order valence-corrected chi connectivity index (χ2v) is 5.48. The van der Waals surface area contributed by atoms with Gasteiger partial charge in [-0.05, 0) is 25.1 Å². The number of nitrogens with zero attached hydrogens (tertiary/aromatic N) is 2. The summed E-state index contributed by atoms with van der Waals surface area (Å²) in [7, 11) is 0. The Morgan fingerprint density at radius 2 is 1.92 bits per heavy atom. The molecule has 1 amide bonds. The zero-order valence-electron chi connectivity index (χ0n) is 13.6. The van der Waals surface area contributed by atoms with Gasteiger partial charge in [-0.1, -0.05) is 41.6 Å². The van der Waals surface area contributed by atoms with Gasteiger partial charge in [0.25, 0.3) is 0 Å². The van der Waals surface area contributed by atoms with E-state index in [1.165, 1.54) is 0 Å². The third kappa shape index (κ3) is 4.21. The van der Waals surface area contributed by atoms with Crippen LogP contribution in [0.3, 0.4) is 0 Å². The fourth-order valence-corrected chi connectivity index (χ4v) is 2.31. The number of amides is 1. The monoisotopic (exact) mass is 338 g/mol. The maximum Gasteiger partial charge on any atom is 0.250 e. The van der Waals surface area contributed by atoms with Crippen LogP contribution in [0.4, 0.5) is 11.4 Å². The van der Waals surface area contributed by atoms with Gasteiger partial charge in [0, 0.05) is 16.9 Å².